The lowest BCUT2D eigenvalue weighted by Crippen LogP contribution is -2.15. The van der Waals surface area contributed by atoms with Crippen molar-refractivity contribution in [3.63, 3.8) is 0 Å². The van der Waals surface area contributed by atoms with Crippen molar-refractivity contribution in [2.45, 2.75) is 19.3 Å². The van der Waals surface area contributed by atoms with Gasteiger partial charge in [0.2, 0.25) is 0 Å². The van der Waals surface area contributed by atoms with Gasteiger partial charge in [-0.2, -0.15) is 10.5 Å². The Bertz CT molecular complexity index is 2730. The van der Waals surface area contributed by atoms with Crippen molar-refractivity contribution in [1.29, 1.82) is 10.5 Å². The van der Waals surface area contributed by atoms with Gasteiger partial charge in [0.05, 0.1) is 51.9 Å². The average Bonchev–Trinajstić information content (AvgIpc) is 3.70. The highest BCUT2D eigenvalue weighted by atomic mass is 15.0. The van der Waals surface area contributed by atoms with Crippen molar-refractivity contribution >= 4 is 49.3 Å². The van der Waals surface area contributed by atoms with Gasteiger partial charge in [-0.05, 0) is 100 Å². The molecular formula is C42H25N5. The van der Waals surface area contributed by atoms with Gasteiger partial charge in [-0.3, -0.25) is 0 Å². The van der Waals surface area contributed by atoms with E-state index in [0.29, 0.717) is 16.8 Å². The van der Waals surface area contributed by atoms with Crippen LogP contribution in [0.5, 0.6) is 0 Å². The maximum Gasteiger partial charge on any atom is 0.188 e. The van der Waals surface area contributed by atoms with Crippen molar-refractivity contribution in [3.8, 4) is 34.6 Å². The summed E-state index contributed by atoms with van der Waals surface area (Å²) in [5.74, 6) is 0. The van der Waals surface area contributed by atoms with Gasteiger partial charge in [-0.25, -0.2) is 4.85 Å². The zero-order chi connectivity index (χ0) is 32.0. The molecule has 1 aliphatic carbocycles. The molecule has 9 rings (SSSR count). The Morgan fingerprint density at radius 2 is 1.19 bits per heavy atom. The van der Waals surface area contributed by atoms with E-state index in [4.69, 9.17) is 6.57 Å². The summed E-state index contributed by atoms with van der Waals surface area (Å²) in [6.07, 6.45) is 0. The number of nitrogens with zero attached hydrogens (tertiary/aromatic N) is 5. The standard InChI is InChI=1S/C42H25N5/c1-42(2)35-10-5-4-9-30(35)31-14-18-39-40(41(31)42)34-21-27(45-3)13-17-38(34)47(39)29-8-6-7-28(22-29)46-36-15-11-25(23-43)19-32(36)33-20-26(24-44)12-16-37(33)46/h4-22H,1-2H3. The molecule has 0 fully saturated rings. The van der Waals surface area contributed by atoms with Gasteiger partial charge in [-0.15, -0.1) is 0 Å². The van der Waals surface area contributed by atoms with Crippen molar-refractivity contribution in [3.05, 3.63) is 149 Å². The van der Waals surface area contributed by atoms with Crippen LogP contribution < -0.4 is 0 Å². The third kappa shape index (κ3) is 3.56. The van der Waals surface area contributed by atoms with E-state index < -0.39 is 0 Å². The lowest BCUT2D eigenvalue weighted by atomic mass is 9.80. The number of hydrogen-bond acceptors (Lipinski definition) is 2. The highest BCUT2D eigenvalue weighted by Gasteiger charge is 2.38. The second-order valence-electron chi connectivity index (χ2n) is 12.7. The number of nitriles is 2. The average molecular weight is 600 g/mol. The molecule has 0 saturated heterocycles. The summed E-state index contributed by atoms with van der Waals surface area (Å²) in [5.41, 5.74) is 12.7. The minimum atomic E-state index is -0.214. The predicted molar refractivity (Wildman–Crippen MR) is 188 cm³/mol. The van der Waals surface area contributed by atoms with Crippen LogP contribution in [-0.2, 0) is 5.41 Å². The van der Waals surface area contributed by atoms with Crippen LogP contribution >= 0.6 is 0 Å². The number of rotatable bonds is 2. The smallest absolute Gasteiger partial charge is 0.188 e. The highest BCUT2D eigenvalue weighted by Crippen LogP contribution is 2.53. The molecule has 5 heteroatoms. The molecule has 0 bridgehead atoms. The molecule has 0 saturated carbocycles. The summed E-state index contributed by atoms with van der Waals surface area (Å²) in [5, 5.41) is 23.4. The van der Waals surface area contributed by atoms with Crippen molar-refractivity contribution in [2.24, 2.45) is 0 Å². The lowest BCUT2D eigenvalue weighted by Gasteiger charge is -2.22. The first-order chi connectivity index (χ1) is 22.9. The fourth-order valence-electron chi connectivity index (χ4n) is 7.93. The van der Waals surface area contributed by atoms with Crippen LogP contribution in [0.25, 0.3) is 71.0 Å². The number of benzene rings is 6. The third-order valence-electron chi connectivity index (χ3n) is 9.93. The Morgan fingerprint density at radius 1 is 0.596 bits per heavy atom. The number of aromatic nitrogens is 2. The molecule has 5 nitrogen and oxygen atoms in total. The van der Waals surface area contributed by atoms with Gasteiger partial charge in [0, 0.05) is 32.9 Å². The number of hydrogen-bond donors (Lipinski definition) is 0. The first kappa shape index (κ1) is 26.8. The SMILES string of the molecule is [C-]#[N+]c1ccc2c(c1)c1c3c(ccc1n2-c1cccc(-n2c4ccc(C#N)cc4c4cc(C#N)ccc42)c1)-c1ccccc1C3(C)C. The molecule has 8 aromatic rings. The third-order valence-corrected chi connectivity index (χ3v) is 9.93. The quantitative estimate of drug-likeness (QED) is 0.186. The fourth-order valence-corrected chi connectivity index (χ4v) is 7.93. The van der Waals surface area contributed by atoms with Crippen LogP contribution in [0.1, 0.15) is 36.1 Å². The summed E-state index contributed by atoms with van der Waals surface area (Å²) >= 11 is 0. The molecule has 0 aliphatic heterocycles. The summed E-state index contributed by atoms with van der Waals surface area (Å²) in [7, 11) is 0. The van der Waals surface area contributed by atoms with Crippen LogP contribution in [0.15, 0.2) is 115 Å². The zero-order valence-electron chi connectivity index (χ0n) is 25.7. The van der Waals surface area contributed by atoms with Gasteiger partial charge in [-0.1, -0.05) is 56.3 Å². The summed E-state index contributed by atoms with van der Waals surface area (Å²) < 4.78 is 4.52. The molecule has 0 radical (unpaired) electrons. The normalized spacial score (nSPS) is 13.0. The van der Waals surface area contributed by atoms with Crippen LogP contribution in [0, 0.1) is 29.2 Å². The largest absolute Gasteiger partial charge is 0.309 e. The maximum atomic E-state index is 9.66. The van der Waals surface area contributed by atoms with E-state index in [2.05, 4.69) is 107 Å². The monoisotopic (exact) mass is 599 g/mol. The Labute approximate surface area is 271 Å². The fraction of sp³-hybridized carbons (Fsp3) is 0.0714. The lowest BCUT2D eigenvalue weighted by molar-refractivity contribution is 0.666. The van der Waals surface area contributed by atoms with Gasteiger partial charge in [0.15, 0.2) is 5.69 Å². The molecule has 0 spiro atoms. The summed E-state index contributed by atoms with van der Waals surface area (Å²) in [4.78, 5) is 3.81. The Morgan fingerprint density at radius 3 is 1.85 bits per heavy atom. The van der Waals surface area contributed by atoms with Gasteiger partial charge in [0.1, 0.15) is 0 Å². The molecule has 0 unspecified atom stereocenters. The minimum Gasteiger partial charge on any atom is -0.309 e. The van der Waals surface area contributed by atoms with E-state index in [1.807, 2.05) is 48.5 Å². The van der Waals surface area contributed by atoms with E-state index in [1.165, 1.54) is 27.6 Å². The van der Waals surface area contributed by atoms with E-state index in [0.717, 1.165) is 49.6 Å². The highest BCUT2D eigenvalue weighted by molar-refractivity contribution is 6.15. The van der Waals surface area contributed by atoms with Crippen molar-refractivity contribution < 1.29 is 0 Å². The van der Waals surface area contributed by atoms with Crippen LogP contribution in [0.2, 0.25) is 0 Å². The topological polar surface area (TPSA) is 61.8 Å². The first-order valence-corrected chi connectivity index (χ1v) is 15.5. The summed E-state index contributed by atoms with van der Waals surface area (Å²) in [6.45, 7) is 12.4. The zero-order valence-corrected chi connectivity index (χ0v) is 25.7. The molecule has 0 atom stereocenters. The summed E-state index contributed by atoms with van der Waals surface area (Å²) in [6, 6.07) is 43.7. The van der Waals surface area contributed by atoms with Gasteiger partial charge < -0.3 is 9.13 Å². The predicted octanol–water partition coefficient (Wildman–Crippen LogP) is 10.5. The van der Waals surface area contributed by atoms with E-state index in [9.17, 15) is 10.5 Å². The van der Waals surface area contributed by atoms with E-state index in [1.54, 1.807) is 0 Å². The first-order valence-electron chi connectivity index (χ1n) is 15.5. The van der Waals surface area contributed by atoms with E-state index in [-0.39, 0.29) is 5.41 Å². The van der Waals surface area contributed by atoms with Crippen LogP contribution in [0.4, 0.5) is 5.69 Å². The van der Waals surface area contributed by atoms with Gasteiger partial charge in [0.25, 0.3) is 0 Å². The number of fused-ring (bicyclic) bond motifs is 10. The van der Waals surface area contributed by atoms with E-state index >= 15 is 0 Å². The van der Waals surface area contributed by atoms with Crippen LogP contribution in [-0.4, -0.2) is 9.13 Å². The molecular weight excluding hydrogens is 574 g/mol. The molecule has 47 heavy (non-hydrogen) atoms. The Hall–Kier alpha value is -6.61. The Kier molecular flexibility index (Phi) is 5.38. The second-order valence-corrected chi connectivity index (χ2v) is 12.7. The molecule has 2 heterocycles. The maximum absolute atomic E-state index is 9.66. The van der Waals surface area contributed by atoms with Crippen molar-refractivity contribution in [1.82, 2.24) is 9.13 Å². The minimum absolute atomic E-state index is 0.214. The van der Waals surface area contributed by atoms with Crippen LogP contribution in [0.3, 0.4) is 0 Å². The van der Waals surface area contributed by atoms with Gasteiger partial charge >= 0.3 is 0 Å². The molecule has 1 aliphatic rings. The Balaban J connectivity index is 1.35. The molecule has 0 amide bonds. The molecule has 218 valence electrons. The molecule has 0 N–H and O–H groups in total. The van der Waals surface area contributed by atoms with Crippen molar-refractivity contribution in [2.75, 3.05) is 0 Å². The molecule has 2 aromatic heterocycles. The second kappa shape index (κ2) is 9.45. The molecule has 6 aromatic carbocycles.